The maximum Gasteiger partial charge on any atom is 0.232 e. The molecule has 0 saturated carbocycles. The van der Waals surface area contributed by atoms with Gasteiger partial charge in [0.15, 0.2) is 0 Å². The average Bonchev–Trinajstić information content (AvgIpc) is 2.47. The van der Waals surface area contributed by atoms with E-state index >= 15 is 0 Å². The molecule has 4 heteroatoms. The Morgan fingerprint density at radius 2 is 1.91 bits per heavy atom. The molecular weight excluding hydrogens is 296 g/mol. The van der Waals surface area contributed by atoms with Crippen LogP contribution in [0.3, 0.4) is 0 Å². The summed E-state index contributed by atoms with van der Waals surface area (Å²) in [4.78, 5) is 15.0. The van der Waals surface area contributed by atoms with Crippen LogP contribution in [0.25, 0.3) is 0 Å². The molecule has 2 unspecified atom stereocenters. The number of carbonyl (C=O) groups excluding carboxylic acids is 1. The van der Waals surface area contributed by atoms with E-state index in [1.807, 2.05) is 25.7 Å². The second-order valence-corrected chi connectivity index (χ2v) is 7.00. The number of benzene rings is 1. The van der Waals surface area contributed by atoms with E-state index in [2.05, 4.69) is 31.2 Å². The van der Waals surface area contributed by atoms with Gasteiger partial charge in [0.2, 0.25) is 5.91 Å². The number of piperidine rings is 1. The molecule has 1 aromatic carbocycles. The minimum atomic E-state index is -0.479. The van der Waals surface area contributed by atoms with Crippen molar-refractivity contribution >= 4 is 18.3 Å². The van der Waals surface area contributed by atoms with Crippen LogP contribution in [-0.2, 0) is 10.2 Å². The van der Waals surface area contributed by atoms with Gasteiger partial charge in [-0.25, -0.2) is 0 Å². The van der Waals surface area contributed by atoms with Gasteiger partial charge in [-0.2, -0.15) is 0 Å². The van der Waals surface area contributed by atoms with Crippen LogP contribution in [-0.4, -0.2) is 29.9 Å². The zero-order valence-electron chi connectivity index (χ0n) is 14.1. The molecule has 1 aliphatic rings. The molecule has 2 rings (SSSR count). The summed E-state index contributed by atoms with van der Waals surface area (Å²) in [5.74, 6) is 0.647. The number of rotatable bonds is 3. The summed E-state index contributed by atoms with van der Waals surface area (Å²) in [6.07, 6.45) is 2.19. The molecule has 1 heterocycles. The quantitative estimate of drug-likeness (QED) is 0.927. The third-order valence-electron chi connectivity index (χ3n) is 4.80. The second-order valence-electron chi connectivity index (χ2n) is 7.00. The van der Waals surface area contributed by atoms with E-state index in [-0.39, 0.29) is 24.4 Å². The van der Waals surface area contributed by atoms with Crippen molar-refractivity contribution in [2.75, 3.05) is 13.1 Å². The van der Waals surface area contributed by atoms with Gasteiger partial charge in [0.25, 0.3) is 0 Å². The predicted octanol–water partition coefficient (Wildman–Crippen LogP) is 3.28. The zero-order chi connectivity index (χ0) is 15.6. The van der Waals surface area contributed by atoms with Crippen molar-refractivity contribution in [1.29, 1.82) is 0 Å². The fourth-order valence-electron chi connectivity index (χ4n) is 3.11. The topological polar surface area (TPSA) is 46.3 Å². The standard InChI is InChI=1S/C18H28N2O.ClH/c1-13-7-9-16(10-8-13)18(3,4)17(21)20-11-5-6-15(12-20)14(2)19;/h7-10,14-15H,5-6,11-12,19H2,1-4H3;1H. The van der Waals surface area contributed by atoms with Gasteiger partial charge in [-0.05, 0) is 52.0 Å². The Kier molecular flexibility index (Phi) is 6.45. The van der Waals surface area contributed by atoms with Crippen molar-refractivity contribution in [3.63, 3.8) is 0 Å². The monoisotopic (exact) mass is 324 g/mol. The van der Waals surface area contributed by atoms with Crippen molar-refractivity contribution < 1.29 is 4.79 Å². The van der Waals surface area contributed by atoms with Crippen LogP contribution in [0.5, 0.6) is 0 Å². The first-order valence-corrected chi connectivity index (χ1v) is 7.94. The Bertz CT molecular complexity index is 496. The van der Waals surface area contributed by atoms with E-state index < -0.39 is 5.41 Å². The minimum Gasteiger partial charge on any atom is -0.342 e. The fraction of sp³-hybridized carbons (Fsp3) is 0.611. The number of aryl methyl sites for hydroxylation is 1. The molecule has 0 spiro atoms. The number of nitrogens with zero attached hydrogens (tertiary/aromatic N) is 1. The van der Waals surface area contributed by atoms with E-state index in [0.29, 0.717) is 5.92 Å². The number of halogens is 1. The van der Waals surface area contributed by atoms with Gasteiger partial charge in [0.05, 0.1) is 5.41 Å². The van der Waals surface area contributed by atoms with Gasteiger partial charge in [-0.1, -0.05) is 29.8 Å². The largest absolute Gasteiger partial charge is 0.342 e. The number of carbonyl (C=O) groups is 1. The summed E-state index contributed by atoms with van der Waals surface area (Å²) in [5, 5.41) is 0. The molecule has 3 nitrogen and oxygen atoms in total. The number of amides is 1. The molecule has 2 N–H and O–H groups in total. The van der Waals surface area contributed by atoms with E-state index in [1.54, 1.807) is 0 Å². The SMILES string of the molecule is Cc1ccc(C(C)(C)C(=O)N2CCCC(C(C)N)C2)cc1.Cl. The molecule has 124 valence electrons. The molecule has 1 aromatic rings. The first-order valence-electron chi connectivity index (χ1n) is 7.94. The van der Waals surface area contributed by atoms with Gasteiger partial charge < -0.3 is 10.6 Å². The molecule has 0 bridgehead atoms. The Morgan fingerprint density at radius 3 is 2.45 bits per heavy atom. The zero-order valence-corrected chi connectivity index (χ0v) is 15.0. The molecule has 1 saturated heterocycles. The third kappa shape index (κ3) is 4.02. The normalized spacial score (nSPS) is 20.2. The van der Waals surface area contributed by atoms with E-state index in [0.717, 1.165) is 31.5 Å². The Morgan fingerprint density at radius 1 is 1.32 bits per heavy atom. The number of likely N-dealkylation sites (tertiary alicyclic amines) is 1. The van der Waals surface area contributed by atoms with Crippen molar-refractivity contribution in [3.05, 3.63) is 35.4 Å². The van der Waals surface area contributed by atoms with Gasteiger partial charge in [0, 0.05) is 19.1 Å². The second kappa shape index (κ2) is 7.47. The van der Waals surface area contributed by atoms with Gasteiger partial charge >= 0.3 is 0 Å². The lowest BCUT2D eigenvalue weighted by molar-refractivity contribution is -0.138. The Hall–Kier alpha value is -1.06. The molecule has 2 atom stereocenters. The molecule has 1 aliphatic heterocycles. The van der Waals surface area contributed by atoms with Crippen LogP contribution in [0, 0.1) is 12.8 Å². The summed E-state index contributed by atoms with van der Waals surface area (Å²) >= 11 is 0. The van der Waals surface area contributed by atoms with Crippen LogP contribution < -0.4 is 5.73 Å². The predicted molar refractivity (Wildman–Crippen MR) is 94.4 cm³/mol. The van der Waals surface area contributed by atoms with Crippen LogP contribution in [0.4, 0.5) is 0 Å². The molecule has 0 aliphatic carbocycles. The number of nitrogens with two attached hydrogens (primary N) is 1. The van der Waals surface area contributed by atoms with Crippen LogP contribution in [0.15, 0.2) is 24.3 Å². The lowest BCUT2D eigenvalue weighted by Crippen LogP contribution is -2.50. The highest BCUT2D eigenvalue weighted by atomic mass is 35.5. The number of hydrogen-bond acceptors (Lipinski definition) is 2. The summed E-state index contributed by atoms with van der Waals surface area (Å²) in [6, 6.07) is 8.44. The molecule has 0 aromatic heterocycles. The Balaban J connectivity index is 0.00000242. The molecule has 0 radical (unpaired) electrons. The van der Waals surface area contributed by atoms with Crippen LogP contribution >= 0.6 is 12.4 Å². The van der Waals surface area contributed by atoms with E-state index in [1.165, 1.54) is 5.56 Å². The Labute approximate surface area is 140 Å². The van der Waals surface area contributed by atoms with Crippen molar-refractivity contribution in [3.8, 4) is 0 Å². The maximum absolute atomic E-state index is 13.0. The summed E-state index contributed by atoms with van der Waals surface area (Å²) in [7, 11) is 0. The smallest absolute Gasteiger partial charge is 0.232 e. The molecular formula is C18H29ClN2O. The van der Waals surface area contributed by atoms with Gasteiger partial charge in [-0.3, -0.25) is 4.79 Å². The van der Waals surface area contributed by atoms with Gasteiger partial charge in [0.1, 0.15) is 0 Å². The summed E-state index contributed by atoms with van der Waals surface area (Å²) in [5.41, 5.74) is 7.85. The maximum atomic E-state index is 13.0. The van der Waals surface area contributed by atoms with Gasteiger partial charge in [-0.15, -0.1) is 12.4 Å². The minimum absolute atomic E-state index is 0. The van der Waals surface area contributed by atoms with Crippen molar-refractivity contribution in [1.82, 2.24) is 4.90 Å². The van der Waals surface area contributed by atoms with E-state index in [9.17, 15) is 4.79 Å². The molecule has 1 fully saturated rings. The molecule has 1 amide bonds. The van der Waals surface area contributed by atoms with E-state index in [4.69, 9.17) is 5.73 Å². The van der Waals surface area contributed by atoms with Crippen molar-refractivity contribution in [2.45, 2.75) is 52.0 Å². The summed E-state index contributed by atoms with van der Waals surface area (Å²) in [6.45, 7) is 9.81. The lowest BCUT2D eigenvalue weighted by atomic mass is 9.81. The first kappa shape index (κ1) is 19.0. The van der Waals surface area contributed by atoms with Crippen LogP contribution in [0.2, 0.25) is 0 Å². The first-order chi connectivity index (χ1) is 9.82. The lowest BCUT2D eigenvalue weighted by Gasteiger charge is -2.39. The van der Waals surface area contributed by atoms with Crippen molar-refractivity contribution in [2.24, 2.45) is 11.7 Å². The summed E-state index contributed by atoms with van der Waals surface area (Å²) < 4.78 is 0. The number of hydrogen-bond donors (Lipinski definition) is 1. The van der Waals surface area contributed by atoms with Crippen LogP contribution in [0.1, 0.15) is 44.7 Å². The highest BCUT2D eigenvalue weighted by Crippen LogP contribution is 2.29. The third-order valence-corrected chi connectivity index (χ3v) is 4.80. The highest BCUT2D eigenvalue weighted by Gasteiger charge is 2.36. The highest BCUT2D eigenvalue weighted by molar-refractivity contribution is 5.87. The average molecular weight is 325 g/mol. The fourth-order valence-corrected chi connectivity index (χ4v) is 3.11. The molecule has 22 heavy (non-hydrogen) atoms.